The molecule has 136 valence electrons. The number of anilines is 1. The quantitative estimate of drug-likeness (QED) is 0.817. The molecule has 0 aromatic carbocycles. The number of nitrogens with one attached hydrogen (secondary N) is 1. The fourth-order valence-electron chi connectivity index (χ4n) is 2.07. The van der Waals surface area contributed by atoms with Crippen LogP contribution in [0.5, 0.6) is 5.88 Å². The van der Waals surface area contributed by atoms with Gasteiger partial charge in [-0.25, -0.2) is 15.0 Å². The lowest BCUT2D eigenvalue weighted by Crippen LogP contribution is -2.24. The van der Waals surface area contributed by atoms with Crippen molar-refractivity contribution in [2.45, 2.75) is 39.5 Å². The summed E-state index contributed by atoms with van der Waals surface area (Å²) >= 11 is 6.24. The molecule has 0 bridgehead atoms. The number of rotatable bonds is 6. The van der Waals surface area contributed by atoms with Gasteiger partial charge in [-0.15, -0.1) is 0 Å². The fraction of sp³-hybridized carbons (Fsp3) is 0.438. The van der Waals surface area contributed by atoms with E-state index in [9.17, 15) is 13.2 Å². The molecule has 0 unspecified atom stereocenters. The molecule has 0 aliphatic rings. The van der Waals surface area contributed by atoms with Gasteiger partial charge < -0.3 is 10.1 Å². The summed E-state index contributed by atoms with van der Waals surface area (Å²) in [5, 5.41) is 3.52. The van der Waals surface area contributed by atoms with Crippen LogP contribution in [0.2, 0.25) is 5.02 Å². The predicted molar refractivity (Wildman–Crippen MR) is 89.0 cm³/mol. The van der Waals surface area contributed by atoms with Gasteiger partial charge in [0.1, 0.15) is 22.8 Å². The number of ether oxygens (including phenoxy) is 1. The summed E-state index contributed by atoms with van der Waals surface area (Å²) in [5.74, 6) is 1.21. The minimum absolute atomic E-state index is 0.113. The predicted octanol–water partition coefficient (Wildman–Crippen LogP) is 4.29. The molecule has 1 atom stereocenters. The third-order valence-corrected chi connectivity index (χ3v) is 3.71. The second-order valence-corrected chi connectivity index (χ2v) is 5.80. The standard InChI is InChI=1S/C16H18ClF3N4O/c1-4-12-14(17)15(24-10(3)23-12)22-7-9(2)25-13-6-5-11(8-21-13)16(18,19)20/h5-6,8-9H,4,7H2,1-3H3,(H,22,23,24)/t9-/m1/s1. The summed E-state index contributed by atoms with van der Waals surface area (Å²) in [4.78, 5) is 12.2. The Hall–Kier alpha value is -2.09. The third-order valence-electron chi connectivity index (χ3n) is 3.31. The first-order chi connectivity index (χ1) is 11.7. The van der Waals surface area contributed by atoms with Crippen LogP contribution in [0, 0.1) is 6.92 Å². The second-order valence-electron chi connectivity index (χ2n) is 5.43. The smallest absolute Gasteiger partial charge is 0.417 e. The van der Waals surface area contributed by atoms with Gasteiger partial charge in [-0.2, -0.15) is 13.2 Å². The van der Waals surface area contributed by atoms with Gasteiger partial charge in [0.2, 0.25) is 5.88 Å². The number of hydrogen-bond acceptors (Lipinski definition) is 5. The van der Waals surface area contributed by atoms with Crippen LogP contribution in [-0.2, 0) is 12.6 Å². The first-order valence-corrected chi connectivity index (χ1v) is 8.05. The molecular weight excluding hydrogens is 357 g/mol. The zero-order chi connectivity index (χ0) is 18.6. The minimum Gasteiger partial charge on any atom is -0.473 e. The van der Waals surface area contributed by atoms with E-state index in [0.29, 0.717) is 29.6 Å². The molecule has 2 aromatic rings. The molecule has 0 fully saturated rings. The third kappa shape index (κ3) is 5.19. The van der Waals surface area contributed by atoms with Gasteiger partial charge in [0.05, 0.1) is 17.8 Å². The summed E-state index contributed by atoms with van der Waals surface area (Å²) in [5.41, 5.74) is -0.0735. The molecular formula is C16H18ClF3N4O. The highest BCUT2D eigenvalue weighted by Gasteiger charge is 2.30. The molecule has 0 amide bonds. The molecule has 0 aliphatic heterocycles. The molecule has 25 heavy (non-hydrogen) atoms. The molecule has 1 N–H and O–H groups in total. The van der Waals surface area contributed by atoms with Gasteiger partial charge >= 0.3 is 6.18 Å². The van der Waals surface area contributed by atoms with Crippen LogP contribution in [-0.4, -0.2) is 27.6 Å². The van der Waals surface area contributed by atoms with E-state index in [1.54, 1.807) is 13.8 Å². The van der Waals surface area contributed by atoms with Crippen LogP contribution in [0.3, 0.4) is 0 Å². The molecule has 0 radical (unpaired) electrons. The normalized spacial score (nSPS) is 12.8. The summed E-state index contributed by atoms with van der Waals surface area (Å²) in [6.45, 7) is 5.82. The maximum atomic E-state index is 12.5. The number of hydrogen-bond donors (Lipinski definition) is 1. The lowest BCUT2D eigenvalue weighted by Gasteiger charge is -2.17. The number of halogens is 4. The highest BCUT2D eigenvalue weighted by atomic mass is 35.5. The Balaban J connectivity index is 1.97. The van der Waals surface area contributed by atoms with Crippen molar-refractivity contribution in [2.75, 3.05) is 11.9 Å². The minimum atomic E-state index is -4.42. The van der Waals surface area contributed by atoms with Crippen molar-refractivity contribution >= 4 is 17.4 Å². The Morgan fingerprint density at radius 2 is 2.00 bits per heavy atom. The summed E-state index contributed by atoms with van der Waals surface area (Å²) < 4.78 is 43.0. The van der Waals surface area contributed by atoms with Gasteiger partial charge in [-0.1, -0.05) is 18.5 Å². The Morgan fingerprint density at radius 3 is 2.56 bits per heavy atom. The zero-order valence-corrected chi connectivity index (χ0v) is 14.7. The molecule has 0 saturated heterocycles. The molecule has 2 heterocycles. The number of aromatic nitrogens is 3. The van der Waals surface area contributed by atoms with Crippen molar-refractivity contribution in [3.8, 4) is 5.88 Å². The Bertz CT molecular complexity index is 723. The van der Waals surface area contributed by atoms with Gasteiger partial charge in [-0.05, 0) is 26.3 Å². The largest absolute Gasteiger partial charge is 0.473 e. The van der Waals surface area contributed by atoms with Crippen molar-refractivity contribution < 1.29 is 17.9 Å². The second kappa shape index (κ2) is 7.86. The van der Waals surface area contributed by atoms with Crippen molar-refractivity contribution in [3.63, 3.8) is 0 Å². The van der Waals surface area contributed by atoms with Crippen LogP contribution < -0.4 is 10.1 Å². The molecule has 0 spiro atoms. The average Bonchev–Trinajstić information content (AvgIpc) is 2.55. The molecule has 2 rings (SSSR count). The number of nitrogens with zero attached hydrogens (tertiary/aromatic N) is 3. The van der Waals surface area contributed by atoms with Gasteiger partial charge in [0, 0.05) is 12.3 Å². The zero-order valence-electron chi connectivity index (χ0n) is 14.0. The first kappa shape index (κ1) is 19.2. The number of aryl methyl sites for hydroxylation is 2. The summed E-state index contributed by atoms with van der Waals surface area (Å²) in [7, 11) is 0. The Kier molecular flexibility index (Phi) is 6.05. The molecule has 9 heteroatoms. The molecule has 0 aliphatic carbocycles. The summed E-state index contributed by atoms with van der Waals surface area (Å²) in [6, 6.07) is 2.12. The van der Waals surface area contributed by atoms with E-state index < -0.39 is 11.7 Å². The highest BCUT2D eigenvalue weighted by Crippen LogP contribution is 2.29. The lowest BCUT2D eigenvalue weighted by atomic mass is 10.3. The van der Waals surface area contributed by atoms with Crippen LogP contribution >= 0.6 is 11.6 Å². The van der Waals surface area contributed by atoms with Gasteiger partial charge in [-0.3, -0.25) is 0 Å². The Morgan fingerprint density at radius 1 is 1.28 bits per heavy atom. The number of pyridine rings is 1. The molecule has 2 aromatic heterocycles. The highest BCUT2D eigenvalue weighted by molar-refractivity contribution is 6.33. The average molecular weight is 375 g/mol. The van der Waals surface area contributed by atoms with E-state index in [1.807, 2.05) is 6.92 Å². The van der Waals surface area contributed by atoms with Crippen molar-refractivity contribution in [2.24, 2.45) is 0 Å². The number of alkyl halides is 3. The van der Waals surface area contributed by atoms with Crippen LogP contribution in [0.25, 0.3) is 0 Å². The van der Waals surface area contributed by atoms with E-state index in [4.69, 9.17) is 16.3 Å². The van der Waals surface area contributed by atoms with E-state index in [0.717, 1.165) is 18.0 Å². The van der Waals surface area contributed by atoms with Gasteiger partial charge in [0.25, 0.3) is 0 Å². The van der Waals surface area contributed by atoms with Crippen LogP contribution in [0.4, 0.5) is 19.0 Å². The maximum Gasteiger partial charge on any atom is 0.417 e. The summed E-state index contributed by atoms with van der Waals surface area (Å²) in [6.07, 6.45) is -3.36. The lowest BCUT2D eigenvalue weighted by molar-refractivity contribution is -0.137. The monoisotopic (exact) mass is 374 g/mol. The molecule has 5 nitrogen and oxygen atoms in total. The Labute approximate surface area is 148 Å². The van der Waals surface area contributed by atoms with Crippen molar-refractivity contribution in [1.82, 2.24) is 15.0 Å². The fourth-order valence-corrected chi connectivity index (χ4v) is 2.36. The van der Waals surface area contributed by atoms with E-state index >= 15 is 0 Å². The first-order valence-electron chi connectivity index (χ1n) is 7.67. The van der Waals surface area contributed by atoms with Gasteiger partial charge in [0.15, 0.2) is 0 Å². The van der Waals surface area contributed by atoms with E-state index in [-0.39, 0.29) is 12.0 Å². The van der Waals surface area contributed by atoms with Crippen molar-refractivity contribution in [3.05, 3.63) is 40.4 Å². The van der Waals surface area contributed by atoms with Crippen LogP contribution in [0.1, 0.15) is 30.9 Å². The maximum absolute atomic E-state index is 12.5. The van der Waals surface area contributed by atoms with Crippen molar-refractivity contribution in [1.29, 1.82) is 0 Å². The van der Waals surface area contributed by atoms with Crippen LogP contribution in [0.15, 0.2) is 18.3 Å². The SMILES string of the molecule is CCc1nc(C)nc(NC[C@@H](C)Oc2ccc(C(F)(F)F)cn2)c1Cl. The topological polar surface area (TPSA) is 59.9 Å². The molecule has 0 saturated carbocycles. The van der Waals surface area contributed by atoms with E-state index in [2.05, 4.69) is 20.3 Å². The van der Waals surface area contributed by atoms with E-state index in [1.165, 1.54) is 6.07 Å².